The molecular weight excluding hydrogens is 257 g/mol. The van der Waals surface area contributed by atoms with E-state index in [1.165, 1.54) is 18.9 Å². The van der Waals surface area contributed by atoms with Crippen LogP contribution in [0.15, 0.2) is 22.7 Å². The van der Waals surface area contributed by atoms with E-state index < -0.39 is 0 Å². The Kier molecular flexibility index (Phi) is 3.42. The molecule has 1 unspecified atom stereocenters. The molecule has 1 nitrogen and oxygen atoms in total. The lowest BCUT2D eigenvalue weighted by Gasteiger charge is -2.14. The first-order valence-corrected chi connectivity index (χ1v) is 6.14. The van der Waals surface area contributed by atoms with Crippen LogP contribution in [0.5, 0.6) is 0 Å². The molecule has 1 fully saturated rings. The Labute approximate surface area is 98.2 Å². The molecule has 0 amide bonds. The van der Waals surface area contributed by atoms with Crippen molar-refractivity contribution in [2.24, 2.45) is 5.92 Å². The molecule has 1 aromatic rings. The summed E-state index contributed by atoms with van der Waals surface area (Å²) in [4.78, 5) is 0. The molecule has 3 heteroatoms. The van der Waals surface area contributed by atoms with E-state index >= 15 is 0 Å². The summed E-state index contributed by atoms with van der Waals surface area (Å²) in [6, 6.07) is 5.33. The lowest BCUT2D eigenvalue weighted by molar-refractivity contribution is 0.514. The zero-order valence-electron chi connectivity index (χ0n) is 8.76. The third-order valence-corrected chi connectivity index (χ3v) is 3.33. The number of benzene rings is 1. The maximum absolute atomic E-state index is 13.6. The van der Waals surface area contributed by atoms with Crippen molar-refractivity contribution in [3.8, 4) is 0 Å². The molecule has 0 aromatic heterocycles. The first-order chi connectivity index (χ1) is 7.16. The van der Waals surface area contributed by atoms with Gasteiger partial charge in [0, 0.05) is 16.1 Å². The summed E-state index contributed by atoms with van der Waals surface area (Å²) in [6.45, 7) is 3.02. The molecule has 82 valence electrons. The van der Waals surface area contributed by atoms with Gasteiger partial charge in [-0.3, -0.25) is 0 Å². The van der Waals surface area contributed by atoms with Gasteiger partial charge in [0.1, 0.15) is 5.82 Å². The normalized spacial score (nSPS) is 17.8. The highest BCUT2D eigenvalue weighted by Gasteiger charge is 2.22. The second-order valence-corrected chi connectivity index (χ2v) is 5.15. The lowest BCUT2D eigenvalue weighted by Crippen LogP contribution is -2.21. The number of rotatable bonds is 4. The summed E-state index contributed by atoms with van der Waals surface area (Å²) < 4.78 is 14.4. The molecule has 0 heterocycles. The standard InChI is InChI=1S/C12H15BrFN/c1-8(15-7-9-2-3-9)11-5-4-10(13)6-12(11)14/h4-6,8-9,15H,2-3,7H2,1H3. The molecule has 1 aliphatic carbocycles. The third kappa shape index (κ3) is 3.02. The topological polar surface area (TPSA) is 12.0 Å². The highest BCUT2D eigenvalue weighted by atomic mass is 79.9. The van der Waals surface area contributed by atoms with Gasteiger partial charge >= 0.3 is 0 Å². The van der Waals surface area contributed by atoms with Crippen LogP contribution in [0, 0.1) is 11.7 Å². The van der Waals surface area contributed by atoms with E-state index in [0.717, 1.165) is 22.5 Å². The molecule has 2 rings (SSSR count). The molecule has 0 spiro atoms. The van der Waals surface area contributed by atoms with Gasteiger partial charge in [0.05, 0.1) is 0 Å². The Morgan fingerprint density at radius 3 is 2.87 bits per heavy atom. The molecule has 15 heavy (non-hydrogen) atoms. The zero-order valence-corrected chi connectivity index (χ0v) is 10.3. The van der Waals surface area contributed by atoms with Gasteiger partial charge in [0.25, 0.3) is 0 Å². The Morgan fingerprint density at radius 1 is 1.53 bits per heavy atom. The van der Waals surface area contributed by atoms with Crippen LogP contribution in [0.3, 0.4) is 0 Å². The van der Waals surface area contributed by atoms with Crippen molar-refractivity contribution in [1.82, 2.24) is 5.32 Å². The quantitative estimate of drug-likeness (QED) is 0.882. The van der Waals surface area contributed by atoms with Crippen LogP contribution in [0.1, 0.15) is 31.4 Å². The van der Waals surface area contributed by atoms with Gasteiger partial charge < -0.3 is 5.32 Å². The van der Waals surface area contributed by atoms with Crippen molar-refractivity contribution in [2.75, 3.05) is 6.54 Å². The molecule has 0 aliphatic heterocycles. The molecule has 1 aromatic carbocycles. The van der Waals surface area contributed by atoms with E-state index in [4.69, 9.17) is 0 Å². The Balaban J connectivity index is 1.99. The molecule has 1 saturated carbocycles. The van der Waals surface area contributed by atoms with Crippen molar-refractivity contribution >= 4 is 15.9 Å². The number of hydrogen-bond acceptors (Lipinski definition) is 1. The van der Waals surface area contributed by atoms with Crippen molar-refractivity contribution in [2.45, 2.75) is 25.8 Å². The van der Waals surface area contributed by atoms with Gasteiger partial charge in [-0.1, -0.05) is 22.0 Å². The predicted octanol–water partition coefficient (Wildman–Crippen LogP) is 3.65. The van der Waals surface area contributed by atoms with Crippen LogP contribution in [-0.4, -0.2) is 6.54 Å². The fourth-order valence-electron chi connectivity index (χ4n) is 1.63. The summed E-state index contributed by atoms with van der Waals surface area (Å²) in [5.74, 6) is 0.686. The Hall–Kier alpha value is -0.410. The number of nitrogens with one attached hydrogen (secondary N) is 1. The highest BCUT2D eigenvalue weighted by molar-refractivity contribution is 9.10. The van der Waals surface area contributed by atoms with Gasteiger partial charge in [-0.25, -0.2) is 4.39 Å². The van der Waals surface area contributed by atoms with E-state index in [-0.39, 0.29) is 11.9 Å². The van der Waals surface area contributed by atoms with Crippen LogP contribution in [-0.2, 0) is 0 Å². The van der Waals surface area contributed by atoms with Crippen LogP contribution in [0.4, 0.5) is 4.39 Å². The zero-order chi connectivity index (χ0) is 10.8. The summed E-state index contributed by atoms with van der Waals surface area (Å²) in [5.41, 5.74) is 0.749. The van der Waals surface area contributed by atoms with Gasteiger partial charge in [0.2, 0.25) is 0 Å². The van der Waals surface area contributed by atoms with Gasteiger partial charge in [-0.05, 0) is 44.4 Å². The first-order valence-electron chi connectivity index (χ1n) is 5.35. The minimum atomic E-state index is -0.139. The molecule has 0 radical (unpaired) electrons. The third-order valence-electron chi connectivity index (χ3n) is 2.84. The van der Waals surface area contributed by atoms with Gasteiger partial charge in [0.15, 0.2) is 0 Å². The average molecular weight is 272 g/mol. The van der Waals surface area contributed by atoms with Crippen molar-refractivity contribution < 1.29 is 4.39 Å². The average Bonchev–Trinajstić information content (AvgIpc) is 2.97. The maximum Gasteiger partial charge on any atom is 0.129 e. The molecule has 0 saturated heterocycles. The Bertz CT molecular complexity index is 349. The van der Waals surface area contributed by atoms with Crippen LogP contribution in [0.25, 0.3) is 0 Å². The second kappa shape index (κ2) is 4.62. The van der Waals surface area contributed by atoms with Crippen molar-refractivity contribution in [1.29, 1.82) is 0 Å². The summed E-state index contributed by atoms with van der Waals surface area (Å²) in [7, 11) is 0. The second-order valence-electron chi connectivity index (χ2n) is 4.24. The summed E-state index contributed by atoms with van der Waals surface area (Å²) in [5, 5.41) is 3.37. The molecule has 0 bridgehead atoms. The van der Waals surface area contributed by atoms with E-state index in [1.54, 1.807) is 0 Å². The van der Waals surface area contributed by atoms with Gasteiger partial charge in [-0.15, -0.1) is 0 Å². The maximum atomic E-state index is 13.6. The van der Waals surface area contributed by atoms with Crippen molar-refractivity contribution in [3.63, 3.8) is 0 Å². The SMILES string of the molecule is CC(NCC1CC1)c1ccc(Br)cc1F. The van der Waals surface area contributed by atoms with Gasteiger partial charge in [-0.2, -0.15) is 0 Å². The lowest BCUT2D eigenvalue weighted by atomic mass is 10.1. The minimum absolute atomic E-state index is 0.0960. The molecule has 1 atom stereocenters. The summed E-state index contributed by atoms with van der Waals surface area (Å²) in [6.07, 6.45) is 2.64. The fourth-order valence-corrected chi connectivity index (χ4v) is 1.96. The van der Waals surface area contributed by atoms with Crippen LogP contribution < -0.4 is 5.32 Å². The minimum Gasteiger partial charge on any atom is -0.310 e. The van der Waals surface area contributed by atoms with E-state index in [9.17, 15) is 4.39 Å². The monoisotopic (exact) mass is 271 g/mol. The smallest absolute Gasteiger partial charge is 0.129 e. The van der Waals surface area contributed by atoms with E-state index in [0.29, 0.717) is 0 Å². The molecular formula is C12H15BrFN. The largest absolute Gasteiger partial charge is 0.310 e. The summed E-state index contributed by atoms with van der Waals surface area (Å²) >= 11 is 3.26. The molecule has 1 aliphatic rings. The fraction of sp³-hybridized carbons (Fsp3) is 0.500. The highest BCUT2D eigenvalue weighted by Crippen LogP contribution is 2.29. The molecule has 1 N–H and O–H groups in total. The van der Waals surface area contributed by atoms with E-state index in [1.807, 2.05) is 19.1 Å². The Morgan fingerprint density at radius 2 is 2.27 bits per heavy atom. The van der Waals surface area contributed by atoms with Crippen LogP contribution >= 0.6 is 15.9 Å². The van der Waals surface area contributed by atoms with E-state index in [2.05, 4.69) is 21.2 Å². The van der Waals surface area contributed by atoms with Crippen LogP contribution in [0.2, 0.25) is 0 Å². The number of halogens is 2. The predicted molar refractivity (Wildman–Crippen MR) is 63.2 cm³/mol. The van der Waals surface area contributed by atoms with Crippen molar-refractivity contribution in [3.05, 3.63) is 34.1 Å². The first kappa shape index (κ1) is 11.1. The number of hydrogen-bond donors (Lipinski definition) is 1.